The molecule has 0 spiro atoms. The molecule has 0 aromatic heterocycles. The van der Waals surface area contributed by atoms with Crippen LogP contribution in [0.5, 0.6) is 0 Å². The maximum Gasteiger partial charge on any atom is -0.0177 e. The van der Waals surface area contributed by atoms with E-state index < -0.39 is 0 Å². The molecule has 0 heterocycles. The maximum atomic E-state index is 4.57. The highest BCUT2D eigenvalue weighted by Crippen LogP contribution is 2.31. The predicted octanol–water partition coefficient (Wildman–Crippen LogP) is 7.56. The summed E-state index contributed by atoms with van der Waals surface area (Å²) < 4.78 is 0. The molecule has 0 aliphatic rings. The van der Waals surface area contributed by atoms with Gasteiger partial charge in [-0.15, -0.1) is 38.6 Å². The topological polar surface area (TPSA) is 0 Å². The summed E-state index contributed by atoms with van der Waals surface area (Å²) in [6, 6.07) is 8.60. The first kappa shape index (κ1) is 26.5. The third-order valence-corrected chi connectivity index (χ3v) is 3.51. The summed E-state index contributed by atoms with van der Waals surface area (Å²) in [4.78, 5) is 1.15. The lowest BCUT2D eigenvalue weighted by Crippen LogP contribution is -1.99. The first-order valence-corrected chi connectivity index (χ1v) is 8.79. The molecule has 0 N–H and O–H groups in total. The maximum absolute atomic E-state index is 4.57. The van der Waals surface area contributed by atoms with Gasteiger partial charge in [0, 0.05) is 0 Å². The van der Waals surface area contributed by atoms with Gasteiger partial charge in [-0.05, 0) is 47.8 Å². The minimum Gasteiger partial charge on any atom is -0.148 e. The zero-order valence-corrected chi connectivity index (χ0v) is 16.9. The molecule has 23 heavy (non-hydrogen) atoms. The second kappa shape index (κ2) is 18.7. The Hall–Kier alpha value is -1.39. The fourth-order valence-corrected chi connectivity index (χ4v) is 2.52. The monoisotopic (exact) mass is 332 g/mol. The summed E-state index contributed by atoms with van der Waals surface area (Å²) in [6.45, 7) is 18.9. The van der Waals surface area contributed by atoms with Crippen LogP contribution < -0.4 is 0 Å². The van der Waals surface area contributed by atoms with Crippen LogP contribution in [-0.4, -0.2) is 0 Å². The van der Waals surface area contributed by atoms with Gasteiger partial charge in [0.05, 0.1) is 0 Å². The van der Waals surface area contributed by atoms with Gasteiger partial charge < -0.3 is 0 Å². The molecule has 0 radical (unpaired) electrons. The molecule has 1 rings (SSSR count). The highest BCUT2D eigenvalue weighted by atomic mass is 32.1. The second-order valence-electron chi connectivity index (χ2n) is 4.98. The van der Waals surface area contributed by atoms with Crippen LogP contribution >= 0.6 is 12.6 Å². The van der Waals surface area contributed by atoms with Gasteiger partial charge >= 0.3 is 0 Å². The van der Waals surface area contributed by atoms with Crippen molar-refractivity contribution >= 4 is 18.2 Å². The molecule has 1 aromatic rings. The molecular formula is C22H36S. The number of rotatable bonds is 5. The predicted molar refractivity (Wildman–Crippen MR) is 114 cm³/mol. The van der Waals surface area contributed by atoms with Gasteiger partial charge in [-0.2, -0.15) is 0 Å². The fraction of sp³-hybridized carbons (Fsp3) is 0.455. The molecular weight excluding hydrogens is 296 g/mol. The van der Waals surface area contributed by atoms with Crippen LogP contribution in [0.2, 0.25) is 0 Å². The summed E-state index contributed by atoms with van der Waals surface area (Å²) in [5, 5.41) is 0. The minimum absolute atomic E-state index is 0.733. The number of hydrogen-bond acceptors (Lipinski definition) is 1. The number of benzene rings is 1. The van der Waals surface area contributed by atoms with Gasteiger partial charge in [-0.25, -0.2) is 0 Å². The zero-order chi connectivity index (χ0) is 18.8. The molecule has 0 saturated heterocycles. The Labute approximate surface area is 151 Å². The van der Waals surface area contributed by atoms with Gasteiger partial charge in [-0.1, -0.05) is 64.8 Å². The van der Waals surface area contributed by atoms with Crippen molar-refractivity contribution in [2.45, 2.75) is 60.8 Å². The van der Waals surface area contributed by atoms with Crippen LogP contribution in [0.3, 0.4) is 0 Å². The van der Waals surface area contributed by atoms with Gasteiger partial charge in [0.15, 0.2) is 0 Å². The molecule has 1 heteroatoms. The van der Waals surface area contributed by atoms with Crippen molar-refractivity contribution in [2.24, 2.45) is 5.92 Å². The Morgan fingerprint density at radius 2 is 1.65 bits per heavy atom. The number of allylic oxidation sites excluding steroid dienone is 2. The molecule has 1 unspecified atom stereocenters. The van der Waals surface area contributed by atoms with E-state index >= 15 is 0 Å². The van der Waals surface area contributed by atoms with E-state index in [2.05, 4.69) is 90.6 Å². The van der Waals surface area contributed by atoms with Crippen molar-refractivity contribution in [1.29, 1.82) is 0 Å². The second-order valence-corrected chi connectivity index (χ2v) is 5.65. The van der Waals surface area contributed by atoms with E-state index in [9.17, 15) is 0 Å². The van der Waals surface area contributed by atoms with E-state index in [4.69, 9.17) is 0 Å². The van der Waals surface area contributed by atoms with Crippen LogP contribution in [-0.2, 0) is 0 Å². The third-order valence-electron chi connectivity index (χ3n) is 3.24. The average Bonchev–Trinajstić information content (AvgIpc) is 2.59. The normalized spacial score (nSPS) is 11.2. The minimum atomic E-state index is 0.733. The molecule has 0 fully saturated rings. The number of aryl methyl sites for hydroxylation is 1. The SMILES string of the molecule is C#C.C=C.CC.CCCC(C)C/C(=C(/C)S)c1ccccc1C. The van der Waals surface area contributed by atoms with Gasteiger partial charge in [0.25, 0.3) is 0 Å². The van der Waals surface area contributed by atoms with E-state index in [-0.39, 0.29) is 0 Å². The van der Waals surface area contributed by atoms with Crippen molar-refractivity contribution in [1.82, 2.24) is 0 Å². The van der Waals surface area contributed by atoms with Crippen LogP contribution in [0.4, 0.5) is 0 Å². The van der Waals surface area contributed by atoms with Gasteiger partial charge in [0.1, 0.15) is 0 Å². The van der Waals surface area contributed by atoms with E-state index in [1.54, 1.807) is 0 Å². The summed E-state index contributed by atoms with van der Waals surface area (Å²) in [7, 11) is 0. The highest BCUT2D eigenvalue weighted by molar-refractivity contribution is 7.84. The lowest BCUT2D eigenvalue weighted by atomic mass is 9.90. The molecule has 1 atom stereocenters. The molecule has 130 valence electrons. The summed E-state index contributed by atoms with van der Waals surface area (Å²) >= 11 is 4.57. The van der Waals surface area contributed by atoms with Crippen LogP contribution in [0.25, 0.3) is 5.57 Å². The molecule has 0 nitrogen and oxygen atoms in total. The lowest BCUT2D eigenvalue weighted by Gasteiger charge is -2.17. The van der Waals surface area contributed by atoms with Crippen molar-refractivity contribution in [3.63, 3.8) is 0 Å². The molecule has 1 aromatic carbocycles. The molecule has 0 bridgehead atoms. The molecule has 0 saturated carbocycles. The number of hydrogen-bond donors (Lipinski definition) is 1. The highest BCUT2D eigenvalue weighted by Gasteiger charge is 2.11. The Morgan fingerprint density at radius 1 is 1.17 bits per heavy atom. The Balaban J connectivity index is -0.000000595. The van der Waals surface area contributed by atoms with Crippen molar-refractivity contribution in [3.05, 3.63) is 53.5 Å². The third kappa shape index (κ3) is 11.8. The summed E-state index contributed by atoms with van der Waals surface area (Å²) in [5.74, 6) is 0.733. The van der Waals surface area contributed by atoms with E-state index in [1.165, 1.54) is 29.5 Å². The number of thiol groups is 1. The number of terminal acetylenes is 1. The molecule has 0 amide bonds. The molecule has 0 aliphatic heterocycles. The van der Waals surface area contributed by atoms with Gasteiger partial charge in [0.2, 0.25) is 0 Å². The van der Waals surface area contributed by atoms with Crippen LogP contribution in [0, 0.1) is 25.7 Å². The molecule has 0 aliphatic carbocycles. The lowest BCUT2D eigenvalue weighted by molar-refractivity contribution is 0.538. The fourth-order valence-electron chi connectivity index (χ4n) is 2.31. The van der Waals surface area contributed by atoms with E-state index in [0.717, 1.165) is 17.2 Å². The Kier molecular flexibility index (Phi) is 21.5. The van der Waals surface area contributed by atoms with Crippen LogP contribution in [0.1, 0.15) is 65.0 Å². The van der Waals surface area contributed by atoms with Crippen molar-refractivity contribution < 1.29 is 0 Å². The smallest absolute Gasteiger partial charge is 0.0177 e. The van der Waals surface area contributed by atoms with Crippen molar-refractivity contribution in [3.8, 4) is 12.8 Å². The zero-order valence-electron chi connectivity index (χ0n) is 16.0. The standard InChI is InChI=1S/C16H24S.C2H6.C2H4.C2H2/c1-5-8-12(2)11-16(14(4)17)15-10-7-6-9-13(15)3;3*1-2/h6-7,9-10,12,17H,5,8,11H2,1-4H3;1-2H3;1-2H2;1-2H/b16-14+;;;. The van der Waals surface area contributed by atoms with E-state index in [1.807, 2.05) is 13.8 Å². The van der Waals surface area contributed by atoms with E-state index in [0.29, 0.717) is 0 Å². The first-order chi connectivity index (χ1) is 11.1. The average molecular weight is 333 g/mol. The van der Waals surface area contributed by atoms with Gasteiger partial charge in [-0.3, -0.25) is 0 Å². The summed E-state index contributed by atoms with van der Waals surface area (Å²) in [6.07, 6.45) is 11.7. The van der Waals surface area contributed by atoms with Crippen molar-refractivity contribution in [2.75, 3.05) is 0 Å². The quantitative estimate of drug-likeness (QED) is 0.321. The largest absolute Gasteiger partial charge is 0.148 e. The Bertz CT molecular complexity index is 436. The van der Waals surface area contributed by atoms with Crippen LogP contribution in [0.15, 0.2) is 42.3 Å². The Morgan fingerprint density at radius 3 is 2.04 bits per heavy atom. The first-order valence-electron chi connectivity index (χ1n) is 8.34. The summed E-state index contributed by atoms with van der Waals surface area (Å²) in [5.41, 5.74) is 4.12.